The molecule has 2 rings (SSSR count). The molecule has 0 unspecified atom stereocenters. The van der Waals surface area contributed by atoms with Gasteiger partial charge in [-0.2, -0.15) is 0 Å². The summed E-state index contributed by atoms with van der Waals surface area (Å²) in [5.74, 6) is -2.61. The lowest BCUT2D eigenvalue weighted by atomic mass is 9.82. The minimum Gasteiger partial charge on any atom is -0.481 e. The van der Waals surface area contributed by atoms with E-state index in [1.54, 1.807) is 18.2 Å². The van der Waals surface area contributed by atoms with E-state index in [0.717, 1.165) is 5.56 Å². The van der Waals surface area contributed by atoms with Gasteiger partial charge in [-0.1, -0.05) is 35.4 Å². The molecule has 1 aliphatic carbocycles. The largest absolute Gasteiger partial charge is 0.481 e. The highest BCUT2D eigenvalue weighted by molar-refractivity contribution is 6.29. The molecule has 0 heterocycles. The summed E-state index contributed by atoms with van der Waals surface area (Å²) in [6, 6.07) is 7.36. The predicted octanol–water partition coefficient (Wildman–Crippen LogP) is 3.17. The van der Waals surface area contributed by atoms with Crippen molar-refractivity contribution in [3.8, 4) is 0 Å². The monoisotopic (exact) mass is 293 g/mol. The third-order valence-electron chi connectivity index (χ3n) is 3.47. The fourth-order valence-corrected chi connectivity index (χ4v) is 2.53. The van der Waals surface area contributed by atoms with E-state index in [0.29, 0.717) is 17.1 Å². The number of anilines is 1. The summed E-state index contributed by atoms with van der Waals surface area (Å²) in [6.45, 7) is 1.96. The second-order valence-electron chi connectivity index (χ2n) is 5.00. The van der Waals surface area contributed by atoms with Crippen molar-refractivity contribution in [1.29, 1.82) is 0 Å². The van der Waals surface area contributed by atoms with Crippen LogP contribution in [-0.4, -0.2) is 17.0 Å². The molecule has 20 heavy (non-hydrogen) atoms. The summed E-state index contributed by atoms with van der Waals surface area (Å²) >= 11 is 5.94. The van der Waals surface area contributed by atoms with E-state index >= 15 is 0 Å². The molecular weight excluding hydrogens is 278 g/mol. The van der Waals surface area contributed by atoms with Gasteiger partial charge in [0.25, 0.3) is 0 Å². The van der Waals surface area contributed by atoms with Crippen molar-refractivity contribution in [2.45, 2.75) is 19.8 Å². The van der Waals surface area contributed by atoms with Gasteiger partial charge in [-0.3, -0.25) is 9.59 Å². The number of nitrogens with one attached hydrogen (secondary N) is 1. The van der Waals surface area contributed by atoms with Crippen molar-refractivity contribution in [3.63, 3.8) is 0 Å². The highest BCUT2D eigenvalue weighted by Gasteiger charge is 2.36. The number of carboxylic acids is 1. The molecule has 0 bridgehead atoms. The fourth-order valence-electron chi connectivity index (χ4n) is 2.27. The molecule has 1 aliphatic rings. The molecule has 0 aromatic heterocycles. The van der Waals surface area contributed by atoms with E-state index in [9.17, 15) is 14.7 Å². The minimum atomic E-state index is -0.963. The highest BCUT2D eigenvalue weighted by Crippen LogP contribution is 2.32. The van der Waals surface area contributed by atoms with Crippen LogP contribution < -0.4 is 5.32 Å². The normalized spacial score (nSPS) is 22.0. The van der Waals surface area contributed by atoms with Crippen LogP contribution in [0.2, 0.25) is 0 Å². The van der Waals surface area contributed by atoms with Gasteiger partial charge in [-0.25, -0.2) is 0 Å². The molecule has 4 nitrogen and oxygen atoms in total. The third-order valence-corrected chi connectivity index (χ3v) is 3.78. The van der Waals surface area contributed by atoms with Crippen LogP contribution in [0.4, 0.5) is 5.69 Å². The number of amides is 1. The molecule has 5 heteroatoms. The SMILES string of the molecule is Cc1ccc(NC(=O)[C@@H]2CC(Cl)=CC[C@@H]2C(=O)O)cc1. The van der Waals surface area contributed by atoms with Crippen molar-refractivity contribution in [2.75, 3.05) is 5.32 Å². The van der Waals surface area contributed by atoms with Crippen LogP contribution in [0.3, 0.4) is 0 Å². The molecule has 2 N–H and O–H groups in total. The Morgan fingerprint density at radius 2 is 1.90 bits per heavy atom. The first-order valence-electron chi connectivity index (χ1n) is 6.42. The topological polar surface area (TPSA) is 66.4 Å². The summed E-state index contributed by atoms with van der Waals surface area (Å²) in [4.78, 5) is 23.5. The minimum absolute atomic E-state index is 0.274. The maximum Gasteiger partial charge on any atom is 0.307 e. The lowest BCUT2D eigenvalue weighted by Crippen LogP contribution is -2.35. The lowest BCUT2D eigenvalue weighted by molar-refractivity contribution is -0.146. The summed E-state index contributed by atoms with van der Waals surface area (Å²) in [7, 11) is 0. The maximum absolute atomic E-state index is 12.3. The Labute approximate surface area is 122 Å². The second-order valence-corrected chi connectivity index (χ2v) is 5.48. The average molecular weight is 294 g/mol. The first-order valence-corrected chi connectivity index (χ1v) is 6.80. The third kappa shape index (κ3) is 3.39. The number of carboxylic acid groups (broad SMARTS) is 1. The number of hydrogen-bond donors (Lipinski definition) is 2. The number of aryl methyl sites for hydroxylation is 1. The quantitative estimate of drug-likeness (QED) is 0.899. The number of benzene rings is 1. The first kappa shape index (κ1) is 14.6. The maximum atomic E-state index is 12.3. The lowest BCUT2D eigenvalue weighted by Gasteiger charge is -2.25. The fraction of sp³-hybridized carbons (Fsp3) is 0.333. The molecule has 0 fully saturated rings. The van der Waals surface area contributed by atoms with Crippen LogP contribution in [-0.2, 0) is 9.59 Å². The van der Waals surface area contributed by atoms with E-state index in [2.05, 4.69) is 5.32 Å². The van der Waals surface area contributed by atoms with Crippen molar-refractivity contribution < 1.29 is 14.7 Å². The van der Waals surface area contributed by atoms with Gasteiger partial charge in [0.05, 0.1) is 11.8 Å². The number of hydrogen-bond acceptors (Lipinski definition) is 2. The number of allylic oxidation sites excluding steroid dienone is 2. The van der Waals surface area contributed by atoms with Crippen LogP contribution in [0.1, 0.15) is 18.4 Å². The number of rotatable bonds is 3. The zero-order valence-electron chi connectivity index (χ0n) is 11.1. The van der Waals surface area contributed by atoms with E-state index < -0.39 is 17.8 Å². The average Bonchev–Trinajstić information content (AvgIpc) is 2.41. The van der Waals surface area contributed by atoms with E-state index in [-0.39, 0.29) is 12.3 Å². The summed E-state index contributed by atoms with van der Waals surface area (Å²) in [6.07, 6.45) is 2.24. The molecule has 2 atom stereocenters. The smallest absolute Gasteiger partial charge is 0.307 e. The van der Waals surface area contributed by atoms with Gasteiger partial charge in [0.1, 0.15) is 0 Å². The Kier molecular flexibility index (Phi) is 4.45. The van der Waals surface area contributed by atoms with Gasteiger partial charge in [0.15, 0.2) is 0 Å². The van der Waals surface area contributed by atoms with Crippen LogP contribution in [0.5, 0.6) is 0 Å². The zero-order chi connectivity index (χ0) is 14.7. The van der Waals surface area contributed by atoms with Crippen molar-refractivity contribution in [2.24, 2.45) is 11.8 Å². The van der Waals surface area contributed by atoms with Gasteiger partial charge in [-0.05, 0) is 31.9 Å². The molecular formula is C15H16ClNO3. The number of carbonyl (C=O) groups is 2. The van der Waals surface area contributed by atoms with Crippen molar-refractivity contribution in [3.05, 3.63) is 40.9 Å². The van der Waals surface area contributed by atoms with Crippen LogP contribution in [0, 0.1) is 18.8 Å². The predicted molar refractivity (Wildman–Crippen MR) is 77.6 cm³/mol. The first-order chi connectivity index (χ1) is 9.47. The van der Waals surface area contributed by atoms with Gasteiger partial charge in [-0.15, -0.1) is 0 Å². The molecule has 0 spiro atoms. The molecule has 0 radical (unpaired) electrons. The molecule has 106 valence electrons. The second kappa shape index (κ2) is 6.09. The summed E-state index contributed by atoms with van der Waals surface area (Å²) in [5.41, 5.74) is 1.76. The molecule has 0 aliphatic heterocycles. The van der Waals surface area contributed by atoms with Gasteiger partial charge in [0, 0.05) is 10.7 Å². The molecule has 1 amide bonds. The number of carbonyl (C=O) groups excluding carboxylic acids is 1. The van der Waals surface area contributed by atoms with Crippen molar-refractivity contribution in [1.82, 2.24) is 0 Å². The van der Waals surface area contributed by atoms with Crippen LogP contribution >= 0.6 is 11.6 Å². The number of halogens is 1. The van der Waals surface area contributed by atoms with E-state index in [1.165, 1.54) is 0 Å². The molecule has 1 aromatic rings. The van der Waals surface area contributed by atoms with Gasteiger partial charge >= 0.3 is 5.97 Å². The van der Waals surface area contributed by atoms with E-state index in [4.69, 9.17) is 11.6 Å². The summed E-state index contributed by atoms with van der Waals surface area (Å²) in [5, 5.41) is 12.5. The summed E-state index contributed by atoms with van der Waals surface area (Å²) < 4.78 is 0. The Bertz CT molecular complexity index is 551. The Hall–Kier alpha value is -1.81. The van der Waals surface area contributed by atoms with E-state index in [1.807, 2.05) is 19.1 Å². The number of aliphatic carboxylic acids is 1. The van der Waals surface area contributed by atoms with Crippen molar-refractivity contribution >= 4 is 29.2 Å². The highest BCUT2D eigenvalue weighted by atomic mass is 35.5. The molecule has 1 aromatic carbocycles. The molecule has 0 saturated carbocycles. The Morgan fingerprint density at radius 3 is 2.50 bits per heavy atom. The Balaban J connectivity index is 2.12. The Morgan fingerprint density at radius 1 is 1.25 bits per heavy atom. The van der Waals surface area contributed by atoms with Gasteiger partial charge < -0.3 is 10.4 Å². The van der Waals surface area contributed by atoms with Crippen LogP contribution in [0.15, 0.2) is 35.4 Å². The van der Waals surface area contributed by atoms with Gasteiger partial charge in [0.2, 0.25) is 5.91 Å². The van der Waals surface area contributed by atoms with Crippen LogP contribution in [0.25, 0.3) is 0 Å². The standard InChI is InChI=1S/C15H16ClNO3/c1-9-2-5-11(6-3-9)17-14(18)13-8-10(16)4-7-12(13)15(19)20/h2-6,12-13H,7-8H2,1H3,(H,17,18)(H,19,20)/t12-,13+/m0/s1. The zero-order valence-corrected chi connectivity index (χ0v) is 11.9. The molecule has 0 saturated heterocycles.